The molecule has 0 radical (unpaired) electrons. The number of para-hydroxylation sites is 1. The molecule has 7 heteroatoms. The van der Waals surface area contributed by atoms with E-state index in [9.17, 15) is 8.78 Å². The van der Waals surface area contributed by atoms with Gasteiger partial charge in [-0.3, -0.25) is 0 Å². The van der Waals surface area contributed by atoms with Gasteiger partial charge in [0.2, 0.25) is 0 Å². The van der Waals surface area contributed by atoms with Crippen molar-refractivity contribution in [2.75, 3.05) is 11.1 Å². The van der Waals surface area contributed by atoms with Gasteiger partial charge >= 0.3 is 12.0 Å². The van der Waals surface area contributed by atoms with Crippen molar-refractivity contribution in [3.05, 3.63) is 29.8 Å². The Kier molecular flexibility index (Phi) is 2.20. The maximum Gasteiger partial charge on any atom is 0.321 e. The van der Waals surface area contributed by atoms with E-state index in [1.165, 1.54) is 6.07 Å². The molecule has 0 spiro atoms. The van der Waals surface area contributed by atoms with Crippen molar-refractivity contribution in [3.63, 3.8) is 0 Å². The number of hydrogen-bond donors (Lipinski definition) is 2. The van der Waals surface area contributed by atoms with Crippen molar-refractivity contribution in [2.45, 2.75) is 0 Å². The van der Waals surface area contributed by atoms with Gasteiger partial charge in [0.25, 0.3) is 0 Å². The Bertz CT molecular complexity index is 465. The highest BCUT2D eigenvalue weighted by Gasteiger charge is 2.11. The molecular weight excluding hydrogens is 206 g/mol. The summed E-state index contributed by atoms with van der Waals surface area (Å²) in [6, 6.07) is 3.10. The third-order valence-electron chi connectivity index (χ3n) is 1.64. The van der Waals surface area contributed by atoms with Gasteiger partial charge in [0.15, 0.2) is 0 Å². The lowest BCUT2D eigenvalue weighted by Gasteiger charge is -2.03. The van der Waals surface area contributed by atoms with E-state index in [0.29, 0.717) is 0 Å². The monoisotopic (exact) mass is 212 g/mol. The van der Waals surface area contributed by atoms with Crippen LogP contribution in [0, 0.1) is 11.6 Å². The summed E-state index contributed by atoms with van der Waals surface area (Å²) in [5.41, 5.74) is 4.78. The highest BCUT2D eigenvalue weighted by molar-refractivity contribution is 5.53. The van der Waals surface area contributed by atoms with E-state index in [4.69, 9.17) is 10.2 Å². The largest absolute Gasteiger partial charge is 0.389 e. The van der Waals surface area contributed by atoms with Gasteiger partial charge in [0.1, 0.15) is 17.3 Å². The van der Waals surface area contributed by atoms with Crippen LogP contribution in [-0.4, -0.2) is 10.2 Å². The van der Waals surface area contributed by atoms with E-state index in [1.807, 2.05) is 0 Å². The summed E-state index contributed by atoms with van der Waals surface area (Å²) in [5, 5.41) is 9.02. The van der Waals surface area contributed by atoms with Crippen LogP contribution in [0.5, 0.6) is 0 Å². The topological polar surface area (TPSA) is 77.0 Å². The number of hydrogen-bond acceptors (Lipinski definition) is 5. The number of nitrogens with two attached hydrogens (primary N) is 1. The summed E-state index contributed by atoms with van der Waals surface area (Å²) in [6.07, 6.45) is 0. The van der Waals surface area contributed by atoms with Crippen LogP contribution in [0.25, 0.3) is 0 Å². The van der Waals surface area contributed by atoms with Crippen molar-refractivity contribution < 1.29 is 13.2 Å². The minimum Gasteiger partial charge on any atom is -0.389 e. The minimum atomic E-state index is -0.758. The van der Waals surface area contributed by atoms with E-state index in [1.54, 1.807) is 0 Å². The maximum atomic E-state index is 13.1. The molecule has 0 aliphatic rings. The molecule has 0 bridgehead atoms. The number of benzene rings is 1. The Labute approximate surface area is 82.9 Å². The third kappa shape index (κ3) is 1.85. The van der Waals surface area contributed by atoms with Crippen molar-refractivity contribution in [1.29, 1.82) is 0 Å². The second-order valence-corrected chi connectivity index (χ2v) is 2.67. The van der Waals surface area contributed by atoms with Gasteiger partial charge in [-0.25, -0.2) is 8.78 Å². The highest BCUT2D eigenvalue weighted by Crippen LogP contribution is 2.22. The predicted octanol–water partition coefficient (Wildman–Crippen LogP) is 1.67. The van der Waals surface area contributed by atoms with Crippen LogP contribution in [0.1, 0.15) is 0 Å². The van der Waals surface area contributed by atoms with Gasteiger partial charge < -0.3 is 15.5 Å². The van der Waals surface area contributed by atoms with Gasteiger partial charge in [-0.05, 0) is 12.1 Å². The zero-order valence-electron chi connectivity index (χ0n) is 7.37. The molecule has 0 aliphatic carbocycles. The van der Waals surface area contributed by atoms with Crippen LogP contribution in [0.3, 0.4) is 0 Å². The molecule has 0 fully saturated rings. The normalized spacial score (nSPS) is 10.3. The van der Waals surface area contributed by atoms with Crippen LogP contribution < -0.4 is 11.1 Å². The van der Waals surface area contributed by atoms with Gasteiger partial charge in [0.05, 0.1) is 0 Å². The molecule has 0 unspecified atom stereocenters. The summed E-state index contributed by atoms with van der Waals surface area (Å²) in [5.74, 6) is -1.52. The first-order valence-corrected chi connectivity index (χ1v) is 3.97. The molecule has 15 heavy (non-hydrogen) atoms. The second-order valence-electron chi connectivity index (χ2n) is 2.67. The van der Waals surface area contributed by atoms with Gasteiger partial charge in [-0.2, -0.15) is 0 Å². The van der Waals surface area contributed by atoms with Crippen LogP contribution in [0.15, 0.2) is 22.6 Å². The molecule has 0 atom stereocenters. The van der Waals surface area contributed by atoms with Crippen LogP contribution >= 0.6 is 0 Å². The van der Waals surface area contributed by atoms with Crippen molar-refractivity contribution in [2.24, 2.45) is 0 Å². The van der Waals surface area contributed by atoms with E-state index < -0.39 is 11.6 Å². The quantitative estimate of drug-likeness (QED) is 0.791. The molecule has 0 saturated carbocycles. The molecule has 2 aromatic rings. The summed E-state index contributed by atoms with van der Waals surface area (Å²) in [6.45, 7) is 0. The molecule has 0 saturated heterocycles. The number of nitrogens with one attached hydrogen (secondary N) is 1. The molecule has 1 aromatic carbocycles. The Morgan fingerprint density at radius 1 is 1.20 bits per heavy atom. The Hall–Kier alpha value is -2.18. The Balaban J connectivity index is 2.31. The first-order valence-electron chi connectivity index (χ1n) is 3.97. The number of rotatable bonds is 2. The SMILES string of the molecule is Nc1nnc(Nc2c(F)cccc2F)o1. The third-order valence-corrected chi connectivity index (χ3v) is 1.64. The highest BCUT2D eigenvalue weighted by atomic mass is 19.1. The zero-order chi connectivity index (χ0) is 10.8. The van der Waals surface area contributed by atoms with E-state index >= 15 is 0 Å². The Morgan fingerprint density at radius 3 is 2.40 bits per heavy atom. The zero-order valence-corrected chi connectivity index (χ0v) is 7.37. The fraction of sp³-hybridized carbons (Fsp3) is 0. The van der Waals surface area contributed by atoms with Crippen LogP contribution in [0.2, 0.25) is 0 Å². The van der Waals surface area contributed by atoms with Crippen molar-refractivity contribution in [3.8, 4) is 0 Å². The molecule has 5 nitrogen and oxygen atoms in total. The van der Waals surface area contributed by atoms with Crippen LogP contribution in [-0.2, 0) is 0 Å². The molecular formula is C8H6F2N4O. The average molecular weight is 212 g/mol. The van der Waals surface area contributed by atoms with E-state index in [-0.39, 0.29) is 17.7 Å². The van der Waals surface area contributed by atoms with Gasteiger partial charge in [-0.15, -0.1) is 0 Å². The first kappa shape index (κ1) is 9.38. The number of nitrogens with zero attached hydrogens (tertiary/aromatic N) is 2. The summed E-state index contributed by atoms with van der Waals surface area (Å²) >= 11 is 0. The van der Waals surface area contributed by atoms with E-state index in [0.717, 1.165) is 12.1 Å². The first-order chi connectivity index (χ1) is 7.16. The second kappa shape index (κ2) is 3.52. The molecule has 3 N–H and O–H groups in total. The fourth-order valence-corrected chi connectivity index (χ4v) is 1.01. The molecule has 1 heterocycles. The van der Waals surface area contributed by atoms with Crippen molar-refractivity contribution in [1.82, 2.24) is 10.2 Å². The smallest absolute Gasteiger partial charge is 0.321 e. The van der Waals surface area contributed by atoms with Crippen molar-refractivity contribution >= 4 is 17.7 Å². The van der Waals surface area contributed by atoms with Gasteiger partial charge in [0, 0.05) is 0 Å². The summed E-state index contributed by atoms with van der Waals surface area (Å²) < 4.78 is 30.9. The standard InChI is InChI=1S/C8H6F2N4O/c9-4-2-1-3-5(10)6(4)12-8-14-13-7(11)15-8/h1-3H,(H2,11,13)(H,12,14). The summed E-state index contributed by atoms with van der Waals surface area (Å²) in [4.78, 5) is 0. The predicted molar refractivity (Wildman–Crippen MR) is 48.4 cm³/mol. The number of nitrogen functional groups attached to an aromatic ring is 1. The molecule has 0 aliphatic heterocycles. The van der Waals surface area contributed by atoms with Crippen LogP contribution in [0.4, 0.5) is 26.5 Å². The number of aromatic nitrogens is 2. The summed E-state index contributed by atoms with van der Waals surface area (Å²) in [7, 11) is 0. The minimum absolute atomic E-state index is 0.170. The lowest BCUT2D eigenvalue weighted by molar-refractivity contribution is 0.573. The Morgan fingerprint density at radius 2 is 1.87 bits per heavy atom. The fourth-order valence-electron chi connectivity index (χ4n) is 1.01. The average Bonchev–Trinajstić information content (AvgIpc) is 2.58. The molecule has 78 valence electrons. The number of anilines is 3. The lowest BCUT2D eigenvalue weighted by Crippen LogP contribution is -1.97. The molecule has 0 amide bonds. The number of halogens is 2. The van der Waals surface area contributed by atoms with E-state index in [2.05, 4.69) is 15.5 Å². The maximum absolute atomic E-state index is 13.1. The van der Waals surface area contributed by atoms with Gasteiger partial charge in [-0.1, -0.05) is 16.3 Å². The molecule has 2 rings (SSSR count). The molecule has 1 aromatic heterocycles. The lowest BCUT2D eigenvalue weighted by atomic mass is 10.3.